The van der Waals surface area contributed by atoms with Gasteiger partial charge < -0.3 is 15.0 Å². The molecule has 29 heavy (non-hydrogen) atoms. The van der Waals surface area contributed by atoms with E-state index in [0.717, 1.165) is 56.6 Å². The molecule has 4 rings (SSSR count). The number of amides is 1. The molecule has 154 valence electrons. The zero-order chi connectivity index (χ0) is 19.9. The van der Waals surface area contributed by atoms with Crippen molar-refractivity contribution in [2.45, 2.75) is 63.6 Å². The normalized spacial score (nSPS) is 20.2. The lowest BCUT2D eigenvalue weighted by molar-refractivity contribution is 0.0641. The van der Waals surface area contributed by atoms with E-state index in [1.165, 1.54) is 12.8 Å². The number of carbonyl (C=O) groups is 1. The number of benzene rings is 1. The van der Waals surface area contributed by atoms with Crippen LogP contribution in [0.25, 0.3) is 0 Å². The number of pyridine rings is 1. The summed E-state index contributed by atoms with van der Waals surface area (Å²) in [6, 6.07) is 13.8. The van der Waals surface area contributed by atoms with Crippen molar-refractivity contribution in [3.8, 4) is 5.75 Å². The van der Waals surface area contributed by atoms with Crippen molar-refractivity contribution in [2.75, 3.05) is 13.1 Å². The van der Waals surface area contributed by atoms with E-state index in [9.17, 15) is 4.79 Å². The quantitative estimate of drug-likeness (QED) is 0.800. The Labute approximate surface area is 173 Å². The van der Waals surface area contributed by atoms with Crippen LogP contribution in [0.5, 0.6) is 5.75 Å². The summed E-state index contributed by atoms with van der Waals surface area (Å²) < 4.78 is 6.14. The molecule has 5 nitrogen and oxygen atoms in total. The summed E-state index contributed by atoms with van der Waals surface area (Å²) in [6.07, 6.45) is 9.84. The van der Waals surface area contributed by atoms with Crippen LogP contribution < -0.4 is 10.1 Å². The van der Waals surface area contributed by atoms with Gasteiger partial charge in [-0.15, -0.1) is 0 Å². The molecule has 2 aromatic rings. The highest BCUT2D eigenvalue weighted by Gasteiger charge is 2.26. The fourth-order valence-electron chi connectivity index (χ4n) is 4.41. The van der Waals surface area contributed by atoms with E-state index in [4.69, 9.17) is 4.74 Å². The van der Waals surface area contributed by atoms with Gasteiger partial charge in [-0.25, -0.2) is 0 Å². The molecule has 1 aromatic heterocycles. The van der Waals surface area contributed by atoms with Gasteiger partial charge in [0.2, 0.25) is 0 Å². The third-order valence-corrected chi connectivity index (χ3v) is 5.99. The lowest BCUT2D eigenvalue weighted by Crippen LogP contribution is -2.40. The van der Waals surface area contributed by atoms with Crippen molar-refractivity contribution in [1.29, 1.82) is 0 Å². The Morgan fingerprint density at radius 3 is 2.76 bits per heavy atom. The SMILES string of the molecule is O=C(c1cccc(OC2CCCC2)c1)N(Cc1ccccn1)C1CCCNCC1. The lowest BCUT2D eigenvalue weighted by Gasteiger charge is -2.31. The standard InChI is InChI=1S/C24H31N3O2/c28-24(19-7-5-12-23(17-19)29-22-10-1-2-11-22)27(18-20-8-3-4-15-26-20)21-9-6-14-25-16-13-21/h3-5,7-8,12,15,17,21-22,25H,1-2,6,9-11,13-14,16,18H2. The Bertz CT molecular complexity index is 782. The Morgan fingerprint density at radius 2 is 1.93 bits per heavy atom. The maximum absolute atomic E-state index is 13.6. The molecule has 5 heteroatoms. The molecular weight excluding hydrogens is 362 g/mol. The molecule has 1 amide bonds. The summed E-state index contributed by atoms with van der Waals surface area (Å²) in [5.74, 6) is 0.877. The second-order valence-corrected chi connectivity index (χ2v) is 8.14. The van der Waals surface area contributed by atoms with E-state index in [1.807, 2.05) is 47.4 Å². The van der Waals surface area contributed by atoms with Gasteiger partial charge >= 0.3 is 0 Å². The van der Waals surface area contributed by atoms with Crippen LogP contribution in [0.1, 0.15) is 61.0 Å². The van der Waals surface area contributed by atoms with E-state index >= 15 is 0 Å². The first kappa shape index (κ1) is 19.9. The average molecular weight is 394 g/mol. The first-order valence-electron chi connectivity index (χ1n) is 11.0. The number of nitrogens with zero attached hydrogens (tertiary/aromatic N) is 2. The largest absolute Gasteiger partial charge is 0.490 e. The van der Waals surface area contributed by atoms with Crippen LogP contribution in [0.2, 0.25) is 0 Å². The Balaban J connectivity index is 1.54. The predicted octanol–water partition coefficient (Wildman–Crippen LogP) is 4.19. The van der Waals surface area contributed by atoms with E-state index in [1.54, 1.807) is 6.20 Å². The molecule has 1 aliphatic carbocycles. The van der Waals surface area contributed by atoms with Crippen LogP contribution in [0.15, 0.2) is 48.7 Å². The molecule has 1 saturated carbocycles. The van der Waals surface area contributed by atoms with Gasteiger partial charge in [-0.1, -0.05) is 12.1 Å². The highest BCUT2D eigenvalue weighted by molar-refractivity contribution is 5.94. The maximum atomic E-state index is 13.6. The molecule has 1 unspecified atom stereocenters. The zero-order valence-corrected chi connectivity index (χ0v) is 17.1. The van der Waals surface area contributed by atoms with Crippen molar-refractivity contribution in [3.63, 3.8) is 0 Å². The first-order chi connectivity index (χ1) is 14.3. The Hall–Kier alpha value is -2.40. The van der Waals surface area contributed by atoms with Gasteiger partial charge in [0.1, 0.15) is 5.75 Å². The molecule has 2 heterocycles. The van der Waals surface area contributed by atoms with Crippen molar-refractivity contribution >= 4 is 5.91 Å². The molecule has 0 bridgehead atoms. The maximum Gasteiger partial charge on any atom is 0.254 e. The minimum atomic E-state index is 0.0689. The van der Waals surface area contributed by atoms with Crippen LogP contribution >= 0.6 is 0 Å². The van der Waals surface area contributed by atoms with E-state index in [2.05, 4.69) is 10.3 Å². The highest BCUT2D eigenvalue weighted by Crippen LogP contribution is 2.26. The van der Waals surface area contributed by atoms with Crippen molar-refractivity contribution in [3.05, 3.63) is 59.9 Å². The van der Waals surface area contributed by atoms with Gasteiger partial charge in [0.15, 0.2) is 0 Å². The van der Waals surface area contributed by atoms with Gasteiger partial charge in [-0.2, -0.15) is 0 Å². The van der Waals surface area contributed by atoms with E-state index in [0.29, 0.717) is 12.1 Å². The molecule has 1 aliphatic heterocycles. The van der Waals surface area contributed by atoms with Crippen molar-refractivity contribution < 1.29 is 9.53 Å². The summed E-state index contributed by atoms with van der Waals surface area (Å²) in [7, 11) is 0. The molecule has 1 N–H and O–H groups in total. The minimum Gasteiger partial charge on any atom is -0.490 e. The van der Waals surface area contributed by atoms with Crippen LogP contribution in [-0.2, 0) is 6.54 Å². The average Bonchev–Trinajstić information content (AvgIpc) is 3.12. The summed E-state index contributed by atoms with van der Waals surface area (Å²) >= 11 is 0. The summed E-state index contributed by atoms with van der Waals surface area (Å²) in [5, 5.41) is 3.45. The first-order valence-corrected chi connectivity index (χ1v) is 11.0. The van der Waals surface area contributed by atoms with Gasteiger partial charge in [-0.3, -0.25) is 9.78 Å². The van der Waals surface area contributed by atoms with Gasteiger partial charge in [0, 0.05) is 17.8 Å². The molecule has 0 spiro atoms. The second-order valence-electron chi connectivity index (χ2n) is 8.14. The van der Waals surface area contributed by atoms with Gasteiger partial charge in [-0.05, 0) is 88.4 Å². The molecule has 2 fully saturated rings. The van der Waals surface area contributed by atoms with E-state index in [-0.39, 0.29) is 18.1 Å². The van der Waals surface area contributed by atoms with Crippen molar-refractivity contribution in [1.82, 2.24) is 15.2 Å². The summed E-state index contributed by atoms with van der Waals surface area (Å²) in [6.45, 7) is 2.51. The van der Waals surface area contributed by atoms with Crippen LogP contribution in [0.4, 0.5) is 0 Å². The highest BCUT2D eigenvalue weighted by atomic mass is 16.5. The Kier molecular flexibility index (Phi) is 6.78. The third kappa shape index (κ3) is 5.36. The topological polar surface area (TPSA) is 54.5 Å². The molecule has 2 aliphatic rings. The van der Waals surface area contributed by atoms with Crippen LogP contribution in [0.3, 0.4) is 0 Å². The number of aromatic nitrogens is 1. The predicted molar refractivity (Wildman–Crippen MR) is 114 cm³/mol. The third-order valence-electron chi connectivity index (χ3n) is 5.99. The summed E-state index contributed by atoms with van der Waals surface area (Å²) in [5.41, 5.74) is 1.63. The fourth-order valence-corrected chi connectivity index (χ4v) is 4.41. The number of hydrogen-bond acceptors (Lipinski definition) is 4. The number of rotatable bonds is 6. The van der Waals surface area contributed by atoms with E-state index < -0.39 is 0 Å². The smallest absolute Gasteiger partial charge is 0.254 e. The second kappa shape index (κ2) is 9.88. The van der Waals surface area contributed by atoms with Crippen LogP contribution in [-0.4, -0.2) is 41.0 Å². The molecule has 1 atom stereocenters. The monoisotopic (exact) mass is 393 g/mol. The van der Waals surface area contributed by atoms with Gasteiger partial charge in [0.05, 0.1) is 18.3 Å². The molecular formula is C24H31N3O2. The molecule has 0 radical (unpaired) electrons. The summed E-state index contributed by atoms with van der Waals surface area (Å²) in [4.78, 5) is 20.1. The van der Waals surface area contributed by atoms with Crippen LogP contribution in [0, 0.1) is 0 Å². The lowest BCUT2D eigenvalue weighted by atomic mass is 10.0. The zero-order valence-electron chi connectivity index (χ0n) is 17.1. The number of nitrogens with one attached hydrogen (secondary N) is 1. The minimum absolute atomic E-state index is 0.0689. The molecule has 1 saturated heterocycles. The Morgan fingerprint density at radius 1 is 1.03 bits per heavy atom. The fraction of sp³-hybridized carbons (Fsp3) is 0.500. The van der Waals surface area contributed by atoms with Crippen molar-refractivity contribution in [2.24, 2.45) is 0 Å². The number of carbonyl (C=O) groups excluding carboxylic acids is 1. The number of ether oxygens (including phenoxy) is 1. The van der Waals surface area contributed by atoms with Gasteiger partial charge in [0.25, 0.3) is 5.91 Å². The molecule has 1 aromatic carbocycles. The number of hydrogen-bond donors (Lipinski definition) is 1.